The molecule has 1 aromatic rings. The maximum absolute atomic E-state index is 13.1. The number of carbonyl (C=O) groups is 1. The number of carboxylic acids is 1. The Morgan fingerprint density at radius 3 is 2.69 bits per heavy atom. The van der Waals surface area contributed by atoms with E-state index in [0.29, 0.717) is 6.20 Å². The smallest absolute Gasteiger partial charge is 0.308 e. The van der Waals surface area contributed by atoms with E-state index in [4.69, 9.17) is 5.11 Å². The highest BCUT2D eigenvalue weighted by molar-refractivity contribution is 5.71. The van der Waals surface area contributed by atoms with Crippen LogP contribution in [0.2, 0.25) is 0 Å². The van der Waals surface area contributed by atoms with Crippen molar-refractivity contribution in [2.24, 2.45) is 0 Å². The third-order valence-electron chi connectivity index (χ3n) is 1.88. The van der Waals surface area contributed by atoms with Crippen LogP contribution >= 0.6 is 0 Å². The van der Waals surface area contributed by atoms with Gasteiger partial charge in [0.15, 0.2) is 5.82 Å². The van der Waals surface area contributed by atoms with Crippen LogP contribution in [0.3, 0.4) is 0 Å². The molecule has 4 nitrogen and oxygen atoms in total. The molecule has 0 spiro atoms. The van der Waals surface area contributed by atoms with E-state index in [1.807, 2.05) is 0 Å². The Hall–Kier alpha value is -1.79. The largest absolute Gasteiger partial charge is 0.481 e. The Balaban J connectivity index is 3.36. The van der Waals surface area contributed by atoms with Crippen molar-refractivity contribution in [2.45, 2.75) is 12.8 Å². The molecule has 0 atom stereocenters. The fourth-order valence-corrected chi connectivity index (χ4v) is 1.26. The summed E-state index contributed by atoms with van der Waals surface area (Å²) in [6.07, 6.45) is -3.31. The molecule has 1 N–H and O–H groups in total. The lowest BCUT2D eigenvalue weighted by atomic mass is 10.1. The molecule has 1 rings (SSSR count). The summed E-state index contributed by atoms with van der Waals surface area (Å²) in [6.45, 7) is 0. The van der Waals surface area contributed by atoms with E-state index >= 15 is 0 Å². The number of alkyl halides is 2. The number of rotatable bonds is 4. The second-order valence-electron chi connectivity index (χ2n) is 2.88. The molecular weight excluding hydrogens is 227 g/mol. The topological polar surface area (TPSA) is 59.4 Å². The minimum atomic E-state index is -3.12. The third-order valence-corrected chi connectivity index (χ3v) is 1.88. The number of aliphatic carboxylic acids is 1. The second-order valence-corrected chi connectivity index (χ2v) is 2.88. The van der Waals surface area contributed by atoms with Gasteiger partial charge in [0, 0.05) is 5.56 Å². The van der Waals surface area contributed by atoms with E-state index in [0.717, 1.165) is 7.11 Å². The Morgan fingerprint density at radius 2 is 2.25 bits per heavy atom. The lowest BCUT2D eigenvalue weighted by molar-refractivity contribution is -0.136. The van der Waals surface area contributed by atoms with Gasteiger partial charge in [0.1, 0.15) is 0 Å². The molecule has 0 saturated heterocycles. The lowest BCUT2D eigenvalue weighted by Crippen LogP contribution is -2.09. The van der Waals surface area contributed by atoms with Crippen molar-refractivity contribution in [3.05, 3.63) is 23.1 Å². The fourth-order valence-electron chi connectivity index (χ4n) is 1.26. The Labute approximate surface area is 88.7 Å². The maximum atomic E-state index is 13.1. The van der Waals surface area contributed by atoms with Crippen molar-refractivity contribution in [3.63, 3.8) is 0 Å². The fraction of sp³-hybridized carbons (Fsp3) is 0.333. The molecule has 0 fully saturated rings. The minimum Gasteiger partial charge on any atom is -0.481 e. The summed E-state index contributed by atoms with van der Waals surface area (Å²) in [5.41, 5.74) is -1.42. The number of hydrogen-bond donors (Lipinski definition) is 1. The van der Waals surface area contributed by atoms with Gasteiger partial charge in [-0.25, -0.2) is 18.2 Å². The van der Waals surface area contributed by atoms with Crippen LogP contribution < -0.4 is 4.74 Å². The van der Waals surface area contributed by atoms with Crippen LogP contribution in [0.5, 0.6) is 5.88 Å². The molecule has 16 heavy (non-hydrogen) atoms. The summed E-state index contributed by atoms with van der Waals surface area (Å²) < 4.78 is 42.8. The molecule has 88 valence electrons. The number of pyridine rings is 1. The van der Waals surface area contributed by atoms with Gasteiger partial charge in [0.25, 0.3) is 6.43 Å². The standard InChI is InChI=1S/C9H8F3NO3/c1-16-9-4(2-6(14)15)7(8(11)12)5(10)3-13-9/h3,8H,2H2,1H3,(H,14,15). The maximum Gasteiger partial charge on any atom is 0.308 e. The average molecular weight is 235 g/mol. The van der Waals surface area contributed by atoms with Gasteiger partial charge in [-0.15, -0.1) is 0 Å². The van der Waals surface area contributed by atoms with Gasteiger partial charge in [0.05, 0.1) is 25.3 Å². The number of halogens is 3. The first-order valence-electron chi connectivity index (χ1n) is 4.18. The van der Waals surface area contributed by atoms with Crippen LogP contribution in [0.25, 0.3) is 0 Å². The minimum absolute atomic E-state index is 0.306. The van der Waals surface area contributed by atoms with Crippen LogP contribution in [0.4, 0.5) is 13.2 Å². The summed E-state index contributed by atoms with van der Waals surface area (Å²) in [5.74, 6) is -2.92. The summed E-state index contributed by atoms with van der Waals surface area (Å²) in [4.78, 5) is 13.9. The Kier molecular flexibility index (Phi) is 3.70. The van der Waals surface area contributed by atoms with E-state index in [1.165, 1.54) is 0 Å². The highest BCUT2D eigenvalue weighted by Gasteiger charge is 2.24. The summed E-state index contributed by atoms with van der Waals surface area (Å²) in [6, 6.07) is 0. The number of aromatic nitrogens is 1. The highest BCUT2D eigenvalue weighted by Crippen LogP contribution is 2.30. The van der Waals surface area contributed by atoms with E-state index in [-0.39, 0.29) is 5.88 Å². The zero-order valence-corrected chi connectivity index (χ0v) is 8.21. The van der Waals surface area contributed by atoms with Gasteiger partial charge >= 0.3 is 5.97 Å². The lowest BCUT2D eigenvalue weighted by Gasteiger charge is -2.11. The number of ether oxygens (including phenoxy) is 1. The normalized spacial score (nSPS) is 10.6. The van der Waals surface area contributed by atoms with Crippen molar-refractivity contribution in [1.29, 1.82) is 0 Å². The van der Waals surface area contributed by atoms with E-state index in [2.05, 4.69) is 9.72 Å². The van der Waals surface area contributed by atoms with Gasteiger partial charge in [-0.1, -0.05) is 0 Å². The van der Waals surface area contributed by atoms with Crippen molar-refractivity contribution < 1.29 is 27.8 Å². The van der Waals surface area contributed by atoms with Crippen molar-refractivity contribution in [1.82, 2.24) is 4.98 Å². The molecule has 0 amide bonds. The summed E-state index contributed by atoms with van der Waals surface area (Å²) in [5, 5.41) is 8.53. The molecule has 0 aliphatic carbocycles. The van der Waals surface area contributed by atoms with Crippen molar-refractivity contribution in [2.75, 3.05) is 7.11 Å². The first kappa shape index (κ1) is 12.3. The van der Waals surface area contributed by atoms with Gasteiger partial charge in [0.2, 0.25) is 5.88 Å². The van der Waals surface area contributed by atoms with Crippen LogP contribution in [-0.2, 0) is 11.2 Å². The molecule has 0 unspecified atom stereocenters. The molecule has 1 heterocycles. The Morgan fingerprint density at radius 1 is 1.62 bits per heavy atom. The molecule has 0 radical (unpaired) electrons. The SMILES string of the molecule is COc1ncc(F)c(C(F)F)c1CC(=O)O. The number of nitrogens with zero attached hydrogens (tertiary/aromatic N) is 1. The molecule has 1 aromatic heterocycles. The second kappa shape index (κ2) is 4.82. The molecular formula is C9H8F3NO3. The molecule has 0 aromatic carbocycles. The molecule has 0 aliphatic heterocycles. The summed E-state index contributed by atoms with van der Waals surface area (Å²) in [7, 11) is 1.14. The number of carboxylic acid groups (broad SMARTS) is 1. The van der Waals surface area contributed by atoms with Crippen molar-refractivity contribution >= 4 is 5.97 Å². The third kappa shape index (κ3) is 2.41. The zero-order valence-electron chi connectivity index (χ0n) is 8.21. The molecule has 0 saturated carbocycles. The van der Waals surface area contributed by atoms with E-state index in [9.17, 15) is 18.0 Å². The van der Waals surface area contributed by atoms with Gasteiger partial charge in [-0.3, -0.25) is 4.79 Å². The Bertz CT molecular complexity index is 409. The first-order valence-corrected chi connectivity index (χ1v) is 4.18. The highest BCUT2D eigenvalue weighted by atomic mass is 19.3. The van der Waals surface area contributed by atoms with Crippen LogP contribution in [-0.4, -0.2) is 23.2 Å². The van der Waals surface area contributed by atoms with Gasteiger partial charge in [-0.2, -0.15) is 0 Å². The summed E-state index contributed by atoms with van der Waals surface area (Å²) >= 11 is 0. The van der Waals surface area contributed by atoms with Crippen LogP contribution in [0.15, 0.2) is 6.20 Å². The molecule has 0 aliphatic rings. The van der Waals surface area contributed by atoms with E-state index in [1.54, 1.807) is 0 Å². The average Bonchev–Trinajstić information content (AvgIpc) is 2.16. The molecule has 7 heteroatoms. The predicted molar refractivity (Wildman–Crippen MR) is 47.0 cm³/mol. The van der Waals surface area contributed by atoms with Crippen LogP contribution in [0, 0.1) is 5.82 Å². The van der Waals surface area contributed by atoms with Gasteiger partial charge in [-0.05, 0) is 0 Å². The van der Waals surface area contributed by atoms with Crippen LogP contribution in [0.1, 0.15) is 17.6 Å². The number of methoxy groups -OCH3 is 1. The zero-order chi connectivity index (χ0) is 12.3. The quantitative estimate of drug-likeness (QED) is 0.864. The van der Waals surface area contributed by atoms with E-state index < -0.39 is 35.8 Å². The monoisotopic (exact) mass is 235 g/mol. The molecule has 0 bridgehead atoms. The van der Waals surface area contributed by atoms with Gasteiger partial charge < -0.3 is 9.84 Å². The van der Waals surface area contributed by atoms with Crippen molar-refractivity contribution in [3.8, 4) is 5.88 Å². The first-order chi connectivity index (χ1) is 7.47. The number of hydrogen-bond acceptors (Lipinski definition) is 3. The predicted octanol–water partition coefficient (Wildman–Crippen LogP) is 1.79.